The van der Waals surface area contributed by atoms with Crippen LogP contribution in [0, 0.1) is 0 Å². The van der Waals surface area contributed by atoms with Crippen LogP contribution in [0.4, 0.5) is 0 Å². The molecule has 0 spiro atoms. The Morgan fingerprint density at radius 2 is 2.07 bits per heavy atom. The van der Waals surface area contributed by atoms with Crippen LogP contribution in [0.2, 0.25) is 0 Å². The lowest BCUT2D eigenvalue weighted by molar-refractivity contribution is 0.0924. The van der Waals surface area contributed by atoms with Crippen LogP contribution in [0.3, 0.4) is 0 Å². The SMILES string of the molecule is CSc1ccc(C(=O)NC[C@@H](C)O)cc1. The quantitative estimate of drug-likeness (QED) is 0.764. The van der Waals surface area contributed by atoms with Gasteiger partial charge in [-0.05, 0) is 37.4 Å². The van der Waals surface area contributed by atoms with Crippen LogP contribution in [-0.4, -0.2) is 29.9 Å². The Labute approximate surface area is 93.9 Å². The number of carbonyl (C=O) groups is 1. The summed E-state index contributed by atoms with van der Waals surface area (Å²) in [5, 5.41) is 11.7. The first-order valence-corrected chi connectivity index (χ1v) is 5.96. The van der Waals surface area contributed by atoms with E-state index in [2.05, 4.69) is 5.32 Å². The van der Waals surface area contributed by atoms with Crippen LogP contribution in [0.25, 0.3) is 0 Å². The fourth-order valence-electron chi connectivity index (χ4n) is 1.08. The van der Waals surface area contributed by atoms with Crippen molar-refractivity contribution in [1.82, 2.24) is 5.32 Å². The van der Waals surface area contributed by atoms with E-state index in [4.69, 9.17) is 5.11 Å². The summed E-state index contributed by atoms with van der Waals surface area (Å²) in [5.74, 6) is -0.149. The first kappa shape index (κ1) is 12.1. The molecule has 0 aliphatic carbocycles. The third-order valence-corrected chi connectivity index (χ3v) is 2.65. The van der Waals surface area contributed by atoms with E-state index in [1.54, 1.807) is 30.8 Å². The van der Waals surface area contributed by atoms with Crippen LogP contribution in [0.5, 0.6) is 0 Å². The molecule has 0 saturated carbocycles. The molecule has 0 aliphatic rings. The molecule has 0 unspecified atom stereocenters. The predicted molar refractivity (Wildman–Crippen MR) is 62.2 cm³/mol. The van der Waals surface area contributed by atoms with Gasteiger partial charge in [-0.3, -0.25) is 4.79 Å². The lowest BCUT2D eigenvalue weighted by Gasteiger charge is -2.07. The molecule has 3 nitrogen and oxygen atoms in total. The minimum absolute atomic E-state index is 0.149. The van der Waals surface area contributed by atoms with Gasteiger partial charge in [0.25, 0.3) is 5.91 Å². The van der Waals surface area contributed by atoms with Gasteiger partial charge in [0.15, 0.2) is 0 Å². The first-order valence-electron chi connectivity index (χ1n) is 4.74. The van der Waals surface area contributed by atoms with Crippen molar-refractivity contribution in [2.24, 2.45) is 0 Å². The molecule has 0 radical (unpaired) electrons. The number of benzene rings is 1. The smallest absolute Gasteiger partial charge is 0.251 e. The van der Waals surface area contributed by atoms with Gasteiger partial charge in [-0.15, -0.1) is 11.8 Å². The van der Waals surface area contributed by atoms with E-state index in [0.717, 1.165) is 4.90 Å². The van der Waals surface area contributed by atoms with E-state index in [1.165, 1.54) is 0 Å². The molecule has 0 bridgehead atoms. The predicted octanol–water partition coefficient (Wildman–Crippen LogP) is 1.52. The van der Waals surface area contributed by atoms with Gasteiger partial charge in [0.05, 0.1) is 6.10 Å². The molecule has 0 fully saturated rings. The van der Waals surface area contributed by atoms with Crippen LogP contribution in [-0.2, 0) is 0 Å². The first-order chi connectivity index (χ1) is 7.13. The number of nitrogens with one attached hydrogen (secondary N) is 1. The van der Waals surface area contributed by atoms with Crippen molar-refractivity contribution >= 4 is 17.7 Å². The molecule has 2 N–H and O–H groups in total. The normalized spacial score (nSPS) is 12.2. The van der Waals surface area contributed by atoms with Crippen molar-refractivity contribution in [3.63, 3.8) is 0 Å². The Kier molecular flexibility index (Phi) is 4.65. The number of carbonyl (C=O) groups excluding carboxylic acids is 1. The summed E-state index contributed by atoms with van der Waals surface area (Å²) in [6.45, 7) is 1.92. The Morgan fingerprint density at radius 1 is 1.47 bits per heavy atom. The second-order valence-electron chi connectivity index (χ2n) is 3.29. The number of aliphatic hydroxyl groups is 1. The Hall–Kier alpha value is -1.00. The monoisotopic (exact) mass is 225 g/mol. The lowest BCUT2D eigenvalue weighted by Crippen LogP contribution is -2.30. The number of rotatable bonds is 4. The largest absolute Gasteiger partial charge is 0.392 e. The van der Waals surface area contributed by atoms with Gasteiger partial charge in [-0.2, -0.15) is 0 Å². The summed E-state index contributed by atoms with van der Waals surface area (Å²) in [4.78, 5) is 12.6. The third-order valence-electron chi connectivity index (χ3n) is 1.91. The Morgan fingerprint density at radius 3 is 2.53 bits per heavy atom. The Balaban J connectivity index is 2.58. The summed E-state index contributed by atoms with van der Waals surface area (Å²) >= 11 is 1.64. The van der Waals surface area contributed by atoms with Gasteiger partial charge in [0.2, 0.25) is 0 Å². The summed E-state index contributed by atoms with van der Waals surface area (Å²) in [7, 11) is 0. The molecule has 1 atom stereocenters. The molecule has 0 aliphatic heterocycles. The molecule has 1 aromatic carbocycles. The van der Waals surface area contributed by atoms with Gasteiger partial charge in [-0.1, -0.05) is 0 Å². The minimum Gasteiger partial charge on any atom is -0.392 e. The van der Waals surface area contributed by atoms with E-state index >= 15 is 0 Å². The zero-order valence-corrected chi connectivity index (χ0v) is 9.67. The summed E-state index contributed by atoms with van der Waals surface area (Å²) in [6.07, 6.45) is 1.47. The molecule has 0 aromatic heterocycles. The number of thioether (sulfide) groups is 1. The highest BCUT2D eigenvalue weighted by atomic mass is 32.2. The van der Waals surface area contributed by atoms with Crippen LogP contribution >= 0.6 is 11.8 Å². The molecule has 82 valence electrons. The summed E-state index contributed by atoms with van der Waals surface area (Å²) in [6, 6.07) is 7.37. The average molecular weight is 225 g/mol. The van der Waals surface area contributed by atoms with Gasteiger partial charge in [0.1, 0.15) is 0 Å². The number of amides is 1. The third kappa shape index (κ3) is 3.93. The number of aliphatic hydroxyl groups excluding tert-OH is 1. The molecular formula is C11H15NO2S. The van der Waals surface area contributed by atoms with E-state index in [0.29, 0.717) is 5.56 Å². The summed E-state index contributed by atoms with van der Waals surface area (Å²) in [5.41, 5.74) is 0.619. The molecule has 1 amide bonds. The van der Waals surface area contributed by atoms with Crippen molar-refractivity contribution in [1.29, 1.82) is 0 Å². The van der Waals surface area contributed by atoms with Crippen molar-refractivity contribution in [3.05, 3.63) is 29.8 Å². The molecule has 0 heterocycles. The second-order valence-corrected chi connectivity index (χ2v) is 4.17. The zero-order valence-electron chi connectivity index (χ0n) is 8.86. The fourth-order valence-corrected chi connectivity index (χ4v) is 1.49. The average Bonchev–Trinajstić information content (AvgIpc) is 2.26. The Bertz CT molecular complexity index is 322. The van der Waals surface area contributed by atoms with Gasteiger partial charge in [0, 0.05) is 17.0 Å². The van der Waals surface area contributed by atoms with Crippen LogP contribution < -0.4 is 5.32 Å². The van der Waals surface area contributed by atoms with Crippen LogP contribution in [0.15, 0.2) is 29.2 Å². The molecule has 4 heteroatoms. The van der Waals surface area contributed by atoms with E-state index in [9.17, 15) is 4.79 Å². The molecular weight excluding hydrogens is 210 g/mol. The van der Waals surface area contributed by atoms with E-state index < -0.39 is 6.10 Å². The maximum absolute atomic E-state index is 11.5. The number of hydrogen-bond acceptors (Lipinski definition) is 3. The highest BCUT2D eigenvalue weighted by molar-refractivity contribution is 7.98. The second kappa shape index (κ2) is 5.78. The highest BCUT2D eigenvalue weighted by Gasteiger charge is 2.05. The minimum atomic E-state index is -0.514. The van der Waals surface area contributed by atoms with Crippen molar-refractivity contribution in [3.8, 4) is 0 Å². The van der Waals surface area contributed by atoms with Gasteiger partial charge < -0.3 is 10.4 Å². The maximum Gasteiger partial charge on any atom is 0.251 e. The van der Waals surface area contributed by atoms with Crippen molar-refractivity contribution in [2.45, 2.75) is 17.9 Å². The van der Waals surface area contributed by atoms with E-state index in [1.807, 2.05) is 18.4 Å². The fraction of sp³-hybridized carbons (Fsp3) is 0.364. The topological polar surface area (TPSA) is 49.3 Å². The van der Waals surface area contributed by atoms with E-state index in [-0.39, 0.29) is 12.5 Å². The lowest BCUT2D eigenvalue weighted by atomic mass is 10.2. The maximum atomic E-state index is 11.5. The highest BCUT2D eigenvalue weighted by Crippen LogP contribution is 2.14. The molecule has 1 rings (SSSR count). The van der Waals surface area contributed by atoms with Gasteiger partial charge in [-0.25, -0.2) is 0 Å². The number of hydrogen-bond donors (Lipinski definition) is 2. The molecule has 1 aromatic rings. The summed E-state index contributed by atoms with van der Waals surface area (Å²) < 4.78 is 0. The van der Waals surface area contributed by atoms with Crippen molar-refractivity contribution < 1.29 is 9.90 Å². The van der Waals surface area contributed by atoms with Gasteiger partial charge >= 0.3 is 0 Å². The molecule has 0 saturated heterocycles. The van der Waals surface area contributed by atoms with Crippen molar-refractivity contribution in [2.75, 3.05) is 12.8 Å². The molecule has 15 heavy (non-hydrogen) atoms. The standard InChI is InChI=1S/C11H15NO2S/c1-8(13)7-12-11(14)9-3-5-10(15-2)6-4-9/h3-6,8,13H,7H2,1-2H3,(H,12,14)/t8-/m1/s1. The zero-order chi connectivity index (χ0) is 11.3. The van der Waals surface area contributed by atoms with Crippen LogP contribution in [0.1, 0.15) is 17.3 Å².